The van der Waals surface area contributed by atoms with Crippen molar-refractivity contribution in [2.24, 2.45) is 0 Å². The van der Waals surface area contributed by atoms with Crippen molar-refractivity contribution in [2.75, 3.05) is 0 Å². The van der Waals surface area contributed by atoms with Crippen LogP contribution in [0.25, 0.3) is 11.1 Å². The quantitative estimate of drug-likeness (QED) is 0.430. The van der Waals surface area contributed by atoms with Gasteiger partial charge in [-0.2, -0.15) is 0 Å². The molecule has 3 heteroatoms. The summed E-state index contributed by atoms with van der Waals surface area (Å²) in [4.78, 5) is 0. The van der Waals surface area contributed by atoms with Crippen molar-refractivity contribution < 1.29 is 20.8 Å². The molecule has 0 spiro atoms. The Labute approximate surface area is 152 Å². The van der Waals surface area contributed by atoms with Gasteiger partial charge in [-0.3, -0.25) is 0 Å². The van der Waals surface area contributed by atoms with Crippen LogP contribution in [0.2, 0.25) is 0 Å². The fourth-order valence-electron chi connectivity index (χ4n) is 2.92. The van der Waals surface area contributed by atoms with E-state index >= 15 is 0 Å². The van der Waals surface area contributed by atoms with Crippen molar-refractivity contribution in [3.05, 3.63) is 58.7 Å². The summed E-state index contributed by atoms with van der Waals surface area (Å²) in [5.74, 6) is 1.20. The van der Waals surface area contributed by atoms with Gasteiger partial charge in [0.05, 0.1) is 0 Å². The molecular formula is C19H22Cl2Zr. The molecule has 0 amide bonds. The predicted octanol–water partition coefficient (Wildman–Crippen LogP) is 6.88. The van der Waals surface area contributed by atoms with Crippen LogP contribution in [0.15, 0.2) is 36.4 Å². The summed E-state index contributed by atoms with van der Waals surface area (Å²) in [7, 11) is 9.87. The molecule has 0 aromatic heterocycles. The molecule has 0 fully saturated rings. The molecule has 0 radical (unpaired) electrons. The van der Waals surface area contributed by atoms with E-state index in [1.54, 1.807) is 0 Å². The molecule has 116 valence electrons. The fraction of sp³-hybridized carbons (Fsp3) is 0.368. The van der Waals surface area contributed by atoms with Crippen LogP contribution in [0.3, 0.4) is 0 Å². The van der Waals surface area contributed by atoms with Crippen LogP contribution in [-0.2, 0) is 27.3 Å². The zero-order valence-electron chi connectivity index (χ0n) is 13.6. The predicted molar refractivity (Wildman–Crippen MR) is 94.6 cm³/mol. The van der Waals surface area contributed by atoms with E-state index in [1.807, 2.05) is 0 Å². The summed E-state index contributed by atoms with van der Waals surface area (Å²) in [5.41, 5.74) is 8.79. The molecule has 0 atom stereocenters. The molecule has 0 unspecified atom stereocenters. The molecule has 0 nitrogen and oxygen atoms in total. The normalized spacial score (nSPS) is 11.8. The molecule has 0 saturated heterocycles. The number of hydrogen-bond donors (Lipinski definition) is 0. The van der Waals surface area contributed by atoms with E-state index in [-0.39, 0.29) is 0 Å². The standard InChI is InChI=1S/C19H22.2ClH.Zr/c1-12(2)14-5-7-16-9-17-8-6-15(13(3)4)11-19(17)18(16)10-14;;;/h5-8,10-13H,9H2,1-4H3;2*1H;/q;;;+2/p-2. The van der Waals surface area contributed by atoms with Gasteiger partial charge in [-0.15, -0.1) is 0 Å². The van der Waals surface area contributed by atoms with E-state index in [9.17, 15) is 0 Å². The minimum atomic E-state index is -0.826. The molecule has 3 rings (SSSR count). The van der Waals surface area contributed by atoms with E-state index in [0.29, 0.717) is 11.8 Å². The molecule has 1 aliphatic carbocycles. The first-order valence-corrected chi connectivity index (χ1v) is 14.0. The number of rotatable bonds is 2. The molecule has 2 aromatic rings. The fourth-order valence-corrected chi connectivity index (χ4v) is 2.92. The number of hydrogen-bond acceptors (Lipinski definition) is 0. The summed E-state index contributed by atoms with van der Waals surface area (Å²) >= 11 is -0.826. The van der Waals surface area contributed by atoms with E-state index in [4.69, 9.17) is 17.0 Å². The van der Waals surface area contributed by atoms with Gasteiger partial charge in [0, 0.05) is 0 Å². The summed E-state index contributed by atoms with van der Waals surface area (Å²) in [5, 5.41) is 0. The van der Waals surface area contributed by atoms with Gasteiger partial charge >= 0.3 is 37.9 Å². The Balaban J connectivity index is 0.000000545. The topological polar surface area (TPSA) is 0 Å². The van der Waals surface area contributed by atoms with Crippen molar-refractivity contribution in [2.45, 2.75) is 46.0 Å². The van der Waals surface area contributed by atoms with Crippen LogP contribution >= 0.6 is 17.0 Å². The van der Waals surface area contributed by atoms with Gasteiger partial charge in [-0.25, -0.2) is 0 Å². The maximum atomic E-state index is 4.93. The third-order valence-corrected chi connectivity index (χ3v) is 4.27. The third kappa shape index (κ3) is 4.05. The van der Waals surface area contributed by atoms with Crippen LogP contribution in [-0.4, -0.2) is 0 Å². The summed E-state index contributed by atoms with van der Waals surface area (Å²) < 4.78 is 0. The van der Waals surface area contributed by atoms with Crippen LogP contribution in [0, 0.1) is 0 Å². The minimum absolute atomic E-state index is 0.600. The van der Waals surface area contributed by atoms with Gasteiger partial charge in [0.2, 0.25) is 0 Å². The molecule has 0 saturated carbocycles. The van der Waals surface area contributed by atoms with Gasteiger partial charge in [0.15, 0.2) is 0 Å². The molecule has 0 bridgehead atoms. The van der Waals surface area contributed by atoms with Gasteiger partial charge < -0.3 is 0 Å². The average molecular weight is 413 g/mol. The Morgan fingerprint density at radius 3 is 1.45 bits per heavy atom. The van der Waals surface area contributed by atoms with E-state index in [0.717, 1.165) is 6.42 Å². The number of fused-ring (bicyclic) bond motifs is 3. The van der Waals surface area contributed by atoms with E-state index in [2.05, 4.69) is 64.1 Å². The second-order valence-corrected chi connectivity index (χ2v) is 10.1. The molecular weight excluding hydrogens is 390 g/mol. The molecule has 2 aromatic carbocycles. The number of halogens is 2. The number of benzene rings is 2. The van der Waals surface area contributed by atoms with E-state index in [1.165, 1.54) is 33.4 Å². The summed E-state index contributed by atoms with van der Waals surface area (Å²) in [6.07, 6.45) is 1.10. The second kappa shape index (κ2) is 8.14. The summed E-state index contributed by atoms with van der Waals surface area (Å²) in [6, 6.07) is 14.0. The van der Waals surface area contributed by atoms with Crippen molar-refractivity contribution in [3.63, 3.8) is 0 Å². The maximum absolute atomic E-state index is 4.93. The third-order valence-electron chi connectivity index (χ3n) is 4.27. The summed E-state index contributed by atoms with van der Waals surface area (Å²) in [6.45, 7) is 9.06. The Hall–Kier alpha value is -0.0969. The van der Waals surface area contributed by atoms with Gasteiger partial charge in [-0.05, 0) is 51.6 Å². The Bertz CT molecular complexity index is 592. The zero-order valence-corrected chi connectivity index (χ0v) is 17.6. The van der Waals surface area contributed by atoms with Crippen molar-refractivity contribution >= 4 is 17.0 Å². The Morgan fingerprint density at radius 1 is 0.773 bits per heavy atom. The molecule has 0 heterocycles. The van der Waals surface area contributed by atoms with Crippen molar-refractivity contribution in [3.8, 4) is 11.1 Å². The molecule has 1 aliphatic rings. The first-order chi connectivity index (χ1) is 10.5. The second-order valence-electron chi connectivity index (χ2n) is 6.39. The zero-order chi connectivity index (χ0) is 16.3. The van der Waals surface area contributed by atoms with Crippen molar-refractivity contribution in [1.29, 1.82) is 0 Å². The van der Waals surface area contributed by atoms with E-state index < -0.39 is 20.8 Å². The average Bonchev–Trinajstić information content (AvgIpc) is 2.84. The Morgan fingerprint density at radius 2 is 1.14 bits per heavy atom. The van der Waals surface area contributed by atoms with Crippen LogP contribution in [0.5, 0.6) is 0 Å². The van der Waals surface area contributed by atoms with Crippen LogP contribution in [0.1, 0.15) is 61.8 Å². The molecule has 22 heavy (non-hydrogen) atoms. The molecule has 0 aliphatic heterocycles. The van der Waals surface area contributed by atoms with Gasteiger partial charge in [-0.1, -0.05) is 64.1 Å². The SMILES string of the molecule is CC(C)c1ccc2c(c1)-c1cc(C(C)C)ccc1C2.[Cl][Zr][Cl]. The van der Waals surface area contributed by atoms with Crippen molar-refractivity contribution in [1.82, 2.24) is 0 Å². The Kier molecular flexibility index (Phi) is 6.75. The van der Waals surface area contributed by atoms with Gasteiger partial charge in [0.1, 0.15) is 0 Å². The van der Waals surface area contributed by atoms with Crippen LogP contribution in [0.4, 0.5) is 0 Å². The van der Waals surface area contributed by atoms with Gasteiger partial charge in [0.25, 0.3) is 0 Å². The van der Waals surface area contributed by atoms with Crippen LogP contribution < -0.4 is 0 Å². The molecule has 0 N–H and O–H groups in total. The first-order valence-electron chi connectivity index (χ1n) is 7.70. The first kappa shape index (κ1) is 18.2. The monoisotopic (exact) mass is 410 g/mol.